The zero-order valence-corrected chi connectivity index (χ0v) is 11.8. The van der Waals surface area contributed by atoms with Crippen molar-refractivity contribution in [2.75, 3.05) is 18.8 Å². The van der Waals surface area contributed by atoms with E-state index in [1.165, 1.54) is 13.8 Å². The van der Waals surface area contributed by atoms with Crippen molar-refractivity contribution in [2.45, 2.75) is 20.8 Å². The number of urea groups is 1. The van der Waals surface area contributed by atoms with Gasteiger partial charge in [-0.1, -0.05) is 6.92 Å². The van der Waals surface area contributed by atoms with Gasteiger partial charge in [0.15, 0.2) is 0 Å². The van der Waals surface area contributed by atoms with E-state index in [9.17, 15) is 22.8 Å². The highest BCUT2D eigenvalue weighted by molar-refractivity contribution is 7.89. The molecule has 1 aliphatic rings. The number of barbiturate groups is 1. The SMILES string of the molecule is CCNS(=O)(=O)CCN1C(=O)NC(=O)C(C)(C)C1=O. The molecule has 0 atom stereocenters. The van der Waals surface area contributed by atoms with Crippen molar-refractivity contribution in [3.05, 3.63) is 0 Å². The van der Waals surface area contributed by atoms with Crippen LogP contribution in [0.25, 0.3) is 0 Å². The number of rotatable bonds is 5. The molecule has 0 radical (unpaired) electrons. The Labute approximate surface area is 111 Å². The van der Waals surface area contributed by atoms with Gasteiger partial charge in [-0.3, -0.25) is 19.8 Å². The molecule has 0 spiro atoms. The lowest BCUT2D eigenvalue weighted by molar-refractivity contribution is -0.148. The van der Waals surface area contributed by atoms with Crippen LogP contribution in [0.1, 0.15) is 20.8 Å². The maximum absolute atomic E-state index is 12.0. The molecule has 1 rings (SSSR count). The topological polar surface area (TPSA) is 113 Å². The van der Waals surface area contributed by atoms with Gasteiger partial charge in [0, 0.05) is 13.1 Å². The molecule has 4 amide bonds. The van der Waals surface area contributed by atoms with E-state index in [-0.39, 0.29) is 13.1 Å². The van der Waals surface area contributed by atoms with Crippen LogP contribution in [0.3, 0.4) is 0 Å². The third kappa shape index (κ3) is 3.29. The molecule has 0 bridgehead atoms. The Balaban J connectivity index is 2.81. The first kappa shape index (κ1) is 15.6. The first-order chi connectivity index (χ1) is 8.62. The molecule has 2 N–H and O–H groups in total. The number of carbonyl (C=O) groups excluding carboxylic acids is 3. The van der Waals surface area contributed by atoms with Crippen LogP contribution in [-0.4, -0.2) is 50.0 Å². The Kier molecular flexibility index (Phi) is 4.31. The van der Waals surface area contributed by atoms with Crippen molar-refractivity contribution in [1.29, 1.82) is 0 Å². The summed E-state index contributed by atoms with van der Waals surface area (Å²) in [6.07, 6.45) is 0. The van der Waals surface area contributed by atoms with Crippen LogP contribution >= 0.6 is 0 Å². The van der Waals surface area contributed by atoms with E-state index in [4.69, 9.17) is 0 Å². The fourth-order valence-electron chi connectivity index (χ4n) is 1.55. The van der Waals surface area contributed by atoms with Gasteiger partial charge in [-0.2, -0.15) is 0 Å². The number of nitrogens with zero attached hydrogens (tertiary/aromatic N) is 1. The van der Waals surface area contributed by atoms with Crippen LogP contribution in [-0.2, 0) is 19.6 Å². The van der Waals surface area contributed by atoms with Crippen LogP contribution in [0.5, 0.6) is 0 Å². The Bertz CT molecular complexity index is 511. The van der Waals surface area contributed by atoms with Gasteiger partial charge in [-0.15, -0.1) is 0 Å². The van der Waals surface area contributed by atoms with Crippen molar-refractivity contribution < 1.29 is 22.8 Å². The second-order valence-corrected chi connectivity index (χ2v) is 6.58. The van der Waals surface area contributed by atoms with E-state index in [0.29, 0.717) is 0 Å². The normalized spacial score (nSPS) is 19.5. The third-order valence-electron chi connectivity index (χ3n) is 2.76. The molecule has 0 aromatic carbocycles. The van der Waals surface area contributed by atoms with E-state index in [1.807, 2.05) is 5.32 Å². The van der Waals surface area contributed by atoms with E-state index in [0.717, 1.165) is 4.90 Å². The quantitative estimate of drug-likeness (QED) is 0.633. The monoisotopic (exact) mass is 291 g/mol. The molecule has 108 valence electrons. The summed E-state index contributed by atoms with van der Waals surface area (Å²) in [7, 11) is -3.54. The molecule has 1 aliphatic heterocycles. The molecule has 1 fully saturated rings. The Morgan fingerprint density at radius 3 is 2.37 bits per heavy atom. The van der Waals surface area contributed by atoms with Crippen LogP contribution in [0, 0.1) is 5.41 Å². The summed E-state index contributed by atoms with van der Waals surface area (Å²) in [5.74, 6) is -1.79. The first-order valence-corrected chi connectivity index (χ1v) is 7.41. The Hall–Kier alpha value is -1.48. The number of hydrogen-bond acceptors (Lipinski definition) is 5. The molecule has 0 aromatic heterocycles. The number of carbonyl (C=O) groups is 3. The molecule has 9 heteroatoms. The lowest BCUT2D eigenvalue weighted by Crippen LogP contribution is -2.62. The van der Waals surface area contributed by atoms with Gasteiger partial charge in [0.1, 0.15) is 5.41 Å². The summed E-state index contributed by atoms with van der Waals surface area (Å²) in [6, 6.07) is -0.888. The highest BCUT2D eigenvalue weighted by Gasteiger charge is 2.46. The van der Waals surface area contributed by atoms with Gasteiger partial charge >= 0.3 is 6.03 Å². The average molecular weight is 291 g/mol. The van der Waals surface area contributed by atoms with E-state index in [1.54, 1.807) is 6.92 Å². The number of sulfonamides is 1. The Morgan fingerprint density at radius 1 is 1.26 bits per heavy atom. The standard InChI is InChI=1S/C10H17N3O5S/c1-4-11-19(17,18)6-5-13-8(15)10(2,3)7(14)12-9(13)16/h11H,4-6H2,1-3H3,(H,12,14,16). The summed E-state index contributed by atoms with van der Waals surface area (Å²) in [6.45, 7) is 4.31. The second kappa shape index (κ2) is 5.25. The predicted octanol–water partition coefficient (Wildman–Crippen LogP) is -0.970. The van der Waals surface area contributed by atoms with Crippen LogP contribution in [0.4, 0.5) is 4.79 Å². The summed E-state index contributed by atoms with van der Waals surface area (Å²) < 4.78 is 25.2. The minimum Gasteiger partial charge on any atom is -0.277 e. The highest BCUT2D eigenvalue weighted by Crippen LogP contribution is 2.23. The molecular formula is C10H17N3O5S. The highest BCUT2D eigenvalue weighted by atomic mass is 32.2. The molecule has 1 saturated heterocycles. The van der Waals surface area contributed by atoms with Crippen LogP contribution < -0.4 is 10.0 Å². The summed E-state index contributed by atoms with van der Waals surface area (Å²) in [5, 5.41) is 2.03. The van der Waals surface area contributed by atoms with Gasteiger partial charge in [0.25, 0.3) is 0 Å². The first-order valence-electron chi connectivity index (χ1n) is 5.76. The van der Waals surface area contributed by atoms with Crippen molar-refractivity contribution in [3.8, 4) is 0 Å². The summed E-state index contributed by atoms with van der Waals surface area (Å²) >= 11 is 0. The molecular weight excluding hydrogens is 274 g/mol. The van der Waals surface area contributed by atoms with Gasteiger partial charge in [-0.25, -0.2) is 17.9 Å². The van der Waals surface area contributed by atoms with E-state index in [2.05, 4.69) is 4.72 Å². The fourth-order valence-corrected chi connectivity index (χ4v) is 2.56. The van der Waals surface area contributed by atoms with Gasteiger partial charge in [0.05, 0.1) is 5.75 Å². The third-order valence-corrected chi connectivity index (χ3v) is 4.21. The Morgan fingerprint density at radius 2 is 1.84 bits per heavy atom. The molecule has 0 saturated carbocycles. The summed E-state index contributed by atoms with van der Waals surface area (Å²) in [5.41, 5.74) is -1.38. The predicted molar refractivity (Wildman–Crippen MR) is 66.5 cm³/mol. The minimum absolute atomic E-state index is 0.229. The van der Waals surface area contributed by atoms with Crippen molar-refractivity contribution >= 4 is 27.9 Å². The molecule has 0 aromatic rings. The van der Waals surface area contributed by atoms with Crippen molar-refractivity contribution in [3.63, 3.8) is 0 Å². The zero-order valence-electron chi connectivity index (χ0n) is 11.0. The molecule has 19 heavy (non-hydrogen) atoms. The number of nitrogens with one attached hydrogen (secondary N) is 2. The number of hydrogen-bond donors (Lipinski definition) is 2. The molecule has 8 nitrogen and oxygen atoms in total. The molecule has 1 heterocycles. The minimum atomic E-state index is -3.54. The maximum atomic E-state index is 12.0. The number of imide groups is 2. The zero-order chi connectivity index (χ0) is 14.8. The van der Waals surface area contributed by atoms with Crippen LogP contribution in [0.2, 0.25) is 0 Å². The van der Waals surface area contributed by atoms with E-state index < -0.39 is 39.0 Å². The van der Waals surface area contributed by atoms with Crippen molar-refractivity contribution in [1.82, 2.24) is 14.9 Å². The average Bonchev–Trinajstić information content (AvgIpc) is 2.26. The largest absolute Gasteiger partial charge is 0.330 e. The maximum Gasteiger partial charge on any atom is 0.330 e. The molecule has 0 aliphatic carbocycles. The van der Waals surface area contributed by atoms with Gasteiger partial charge < -0.3 is 0 Å². The van der Waals surface area contributed by atoms with Crippen LogP contribution in [0.15, 0.2) is 0 Å². The smallest absolute Gasteiger partial charge is 0.277 e. The lowest BCUT2D eigenvalue weighted by atomic mass is 9.89. The number of amides is 4. The van der Waals surface area contributed by atoms with Crippen molar-refractivity contribution in [2.24, 2.45) is 5.41 Å². The fraction of sp³-hybridized carbons (Fsp3) is 0.700. The summed E-state index contributed by atoms with van der Waals surface area (Å²) in [4.78, 5) is 35.7. The second-order valence-electron chi connectivity index (χ2n) is 4.66. The van der Waals surface area contributed by atoms with Gasteiger partial charge in [0.2, 0.25) is 21.8 Å². The van der Waals surface area contributed by atoms with E-state index >= 15 is 0 Å². The van der Waals surface area contributed by atoms with Gasteiger partial charge in [-0.05, 0) is 13.8 Å². The lowest BCUT2D eigenvalue weighted by Gasteiger charge is -2.34. The molecule has 0 unspecified atom stereocenters.